The molecule has 2 aromatic heterocycles. The minimum absolute atomic E-state index is 0.233. The maximum absolute atomic E-state index is 12.5. The normalized spacial score (nSPS) is 10.8. The van der Waals surface area contributed by atoms with E-state index in [1.807, 2.05) is 48.0 Å². The molecular formula is C22H21N3O4. The Bertz CT molecular complexity index is 1020. The van der Waals surface area contributed by atoms with Gasteiger partial charge in [0.15, 0.2) is 6.61 Å². The number of nitrogens with zero attached hydrogens (tertiary/aromatic N) is 2. The molecular weight excluding hydrogens is 370 g/mol. The number of hydrogen-bond acceptors (Lipinski definition) is 4. The molecule has 0 atom stereocenters. The number of amides is 1. The summed E-state index contributed by atoms with van der Waals surface area (Å²) in [5, 5.41) is 11.5. The second-order valence-electron chi connectivity index (χ2n) is 6.38. The van der Waals surface area contributed by atoms with E-state index in [0.29, 0.717) is 23.8 Å². The summed E-state index contributed by atoms with van der Waals surface area (Å²) < 4.78 is 7.00. The Morgan fingerprint density at radius 1 is 1.21 bits per heavy atom. The van der Waals surface area contributed by atoms with E-state index >= 15 is 0 Å². The van der Waals surface area contributed by atoms with Crippen molar-refractivity contribution in [3.8, 4) is 5.75 Å². The van der Waals surface area contributed by atoms with Crippen LogP contribution >= 0.6 is 0 Å². The number of aliphatic carboxylic acids is 1. The SMILES string of the molecule is Cc1ccc(NC(=O)c2cccn2C/C=C/c2cccc(OCC(=O)O)c2)nc1. The van der Waals surface area contributed by atoms with Gasteiger partial charge in [-0.2, -0.15) is 0 Å². The van der Waals surface area contributed by atoms with E-state index in [4.69, 9.17) is 9.84 Å². The maximum atomic E-state index is 12.5. The fraction of sp³-hybridized carbons (Fsp3) is 0.136. The summed E-state index contributed by atoms with van der Waals surface area (Å²) >= 11 is 0. The van der Waals surface area contributed by atoms with Crippen LogP contribution in [0, 0.1) is 6.92 Å². The molecule has 29 heavy (non-hydrogen) atoms. The largest absolute Gasteiger partial charge is 0.482 e. The highest BCUT2D eigenvalue weighted by Gasteiger charge is 2.10. The van der Waals surface area contributed by atoms with E-state index in [0.717, 1.165) is 11.1 Å². The van der Waals surface area contributed by atoms with Gasteiger partial charge >= 0.3 is 5.97 Å². The minimum Gasteiger partial charge on any atom is -0.482 e. The van der Waals surface area contributed by atoms with Gasteiger partial charge in [0.1, 0.15) is 17.3 Å². The van der Waals surface area contributed by atoms with Crippen LogP contribution in [-0.4, -0.2) is 33.1 Å². The van der Waals surface area contributed by atoms with Crippen molar-refractivity contribution in [2.45, 2.75) is 13.5 Å². The molecule has 1 amide bonds. The van der Waals surface area contributed by atoms with Crippen molar-refractivity contribution in [1.29, 1.82) is 0 Å². The van der Waals surface area contributed by atoms with Gasteiger partial charge in [-0.05, 0) is 48.4 Å². The van der Waals surface area contributed by atoms with Gasteiger partial charge in [-0.1, -0.05) is 30.4 Å². The third-order valence-corrected chi connectivity index (χ3v) is 4.05. The first-order chi connectivity index (χ1) is 14.0. The molecule has 0 aliphatic rings. The molecule has 3 aromatic rings. The highest BCUT2D eigenvalue weighted by Crippen LogP contribution is 2.15. The Morgan fingerprint density at radius 3 is 2.83 bits per heavy atom. The molecule has 1 aromatic carbocycles. The molecule has 0 radical (unpaired) electrons. The van der Waals surface area contributed by atoms with Gasteiger partial charge in [0.05, 0.1) is 0 Å². The summed E-state index contributed by atoms with van der Waals surface area (Å²) in [7, 11) is 0. The predicted octanol–water partition coefficient (Wildman–Crippen LogP) is 3.62. The molecule has 0 saturated heterocycles. The first kappa shape index (κ1) is 19.9. The molecule has 7 heteroatoms. The average Bonchev–Trinajstić information content (AvgIpc) is 3.17. The number of anilines is 1. The van der Waals surface area contributed by atoms with Crippen molar-refractivity contribution in [2.75, 3.05) is 11.9 Å². The van der Waals surface area contributed by atoms with Crippen molar-refractivity contribution in [3.63, 3.8) is 0 Å². The van der Waals surface area contributed by atoms with Crippen molar-refractivity contribution < 1.29 is 19.4 Å². The van der Waals surface area contributed by atoms with Gasteiger partial charge in [-0.3, -0.25) is 4.79 Å². The van der Waals surface area contributed by atoms with Gasteiger partial charge in [-0.15, -0.1) is 0 Å². The standard InChI is InChI=1S/C22H21N3O4/c1-16-9-10-20(23-14-16)24-22(28)19-8-4-12-25(19)11-3-6-17-5-2-7-18(13-17)29-15-21(26)27/h2-10,12-14H,11,15H2,1H3,(H,26,27)(H,23,24,28)/b6-3+. The number of aromatic nitrogens is 2. The molecule has 0 unspecified atom stereocenters. The lowest BCUT2D eigenvalue weighted by Gasteiger charge is -2.08. The number of carbonyl (C=O) groups excluding carboxylic acids is 1. The number of carboxylic acid groups (broad SMARTS) is 1. The van der Waals surface area contributed by atoms with Gasteiger partial charge < -0.3 is 19.7 Å². The van der Waals surface area contributed by atoms with Crippen molar-refractivity contribution in [2.24, 2.45) is 0 Å². The lowest BCUT2D eigenvalue weighted by atomic mass is 10.2. The number of nitrogens with one attached hydrogen (secondary N) is 1. The first-order valence-corrected chi connectivity index (χ1v) is 9.01. The summed E-state index contributed by atoms with van der Waals surface area (Å²) in [6, 6.07) is 14.3. The van der Waals surface area contributed by atoms with Gasteiger partial charge in [0.2, 0.25) is 0 Å². The summed E-state index contributed by atoms with van der Waals surface area (Å²) in [5.41, 5.74) is 2.42. The van der Waals surface area contributed by atoms with Crippen molar-refractivity contribution in [3.05, 3.63) is 83.8 Å². The lowest BCUT2D eigenvalue weighted by Crippen LogP contribution is -2.17. The third-order valence-electron chi connectivity index (χ3n) is 4.05. The molecule has 3 rings (SSSR count). The third kappa shape index (κ3) is 5.80. The van der Waals surface area contributed by atoms with Crippen LogP contribution < -0.4 is 10.1 Å². The van der Waals surface area contributed by atoms with Crippen LogP contribution in [0.25, 0.3) is 6.08 Å². The fourth-order valence-corrected chi connectivity index (χ4v) is 2.66. The number of allylic oxidation sites excluding steroid dienone is 1. The van der Waals surface area contributed by atoms with Crippen LogP contribution in [-0.2, 0) is 11.3 Å². The number of benzene rings is 1. The van der Waals surface area contributed by atoms with E-state index in [1.165, 1.54) is 0 Å². The Kier molecular flexibility index (Phi) is 6.42. The van der Waals surface area contributed by atoms with Crippen molar-refractivity contribution >= 4 is 23.8 Å². The minimum atomic E-state index is -1.02. The number of carbonyl (C=O) groups is 2. The monoisotopic (exact) mass is 391 g/mol. The molecule has 7 nitrogen and oxygen atoms in total. The van der Waals surface area contributed by atoms with Gasteiger partial charge in [0.25, 0.3) is 5.91 Å². The summed E-state index contributed by atoms with van der Waals surface area (Å²) in [5.74, 6) is -0.266. The van der Waals surface area contributed by atoms with Crippen LogP contribution in [0.4, 0.5) is 5.82 Å². The van der Waals surface area contributed by atoms with Crippen LogP contribution in [0.1, 0.15) is 21.6 Å². The molecule has 0 fully saturated rings. The van der Waals surface area contributed by atoms with Crippen molar-refractivity contribution in [1.82, 2.24) is 9.55 Å². The highest BCUT2D eigenvalue weighted by atomic mass is 16.5. The first-order valence-electron chi connectivity index (χ1n) is 9.01. The zero-order valence-electron chi connectivity index (χ0n) is 15.9. The Morgan fingerprint density at radius 2 is 2.07 bits per heavy atom. The highest BCUT2D eigenvalue weighted by molar-refractivity contribution is 6.02. The number of aryl methyl sites for hydroxylation is 1. The number of pyridine rings is 1. The molecule has 0 aliphatic heterocycles. The quantitative estimate of drug-likeness (QED) is 0.612. The molecule has 0 spiro atoms. The fourth-order valence-electron chi connectivity index (χ4n) is 2.66. The predicted molar refractivity (Wildman–Crippen MR) is 110 cm³/mol. The summed E-state index contributed by atoms with van der Waals surface area (Å²) in [4.78, 5) is 27.3. The second kappa shape index (κ2) is 9.36. The number of rotatable bonds is 8. The molecule has 2 heterocycles. The van der Waals surface area contributed by atoms with Crippen LogP contribution in [0.2, 0.25) is 0 Å². The Hall–Kier alpha value is -3.87. The molecule has 0 saturated carbocycles. The topological polar surface area (TPSA) is 93.5 Å². The van der Waals surface area contributed by atoms with Crippen LogP contribution in [0.15, 0.2) is 67.0 Å². The van der Waals surface area contributed by atoms with Gasteiger partial charge in [-0.25, -0.2) is 9.78 Å². The smallest absolute Gasteiger partial charge is 0.341 e. The lowest BCUT2D eigenvalue weighted by molar-refractivity contribution is -0.139. The average molecular weight is 391 g/mol. The van der Waals surface area contributed by atoms with E-state index in [-0.39, 0.29) is 12.5 Å². The summed E-state index contributed by atoms with van der Waals surface area (Å²) in [6.07, 6.45) is 7.33. The number of carboxylic acids is 1. The van der Waals surface area contributed by atoms with Gasteiger partial charge in [0, 0.05) is 18.9 Å². The number of ether oxygens (including phenoxy) is 1. The molecule has 0 aliphatic carbocycles. The molecule has 0 bridgehead atoms. The van der Waals surface area contributed by atoms with E-state index in [9.17, 15) is 9.59 Å². The Labute approximate surface area is 168 Å². The van der Waals surface area contributed by atoms with Crippen LogP contribution in [0.3, 0.4) is 0 Å². The van der Waals surface area contributed by atoms with E-state index in [1.54, 1.807) is 36.5 Å². The molecule has 2 N–H and O–H groups in total. The van der Waals surface area contributed by atoms with Crippen LogP contribution in [0.5, 0.6) is 5.75 Å². The zero-order valence-corrected chi connectivity index (χ0v) is 15.9. The zero-order chi connectivity index (χ0) is 20.6. The van der Waals surface area contributed by atoms with E-state index < -0.39 is 5.97 Å². The molecule has 148 valence electrons. The maximum Gasteiger partial charge on any atom is 0.341 e. The summed E-state index contributed by atoms with van der Waals surface area (Å²) in [6.45, 7) is 2.05. The second-order valence-corrected chi connectivity index (χ2v) is 6.38. The Balaban J connectivity index is 1.62. The number of hydrogen-bond donors (Lipinski definition) is 2. The van der Waals surface area contributed by atoms with E-state index in [2.05, 4.69) is 10.3 Å².